The molecule has 0 bridgehead atoms. The number of rotatable bonds is 7. The number of hydrogen-bond acceptors (Lipinski definition) is 5. The van der Waals surface area contributed by atoms with Crippen LogP contribution in [0.5, 0.6) is 0 Å². The second kappa shape index (κ2) is 8.15. The van der Waals surface area contributed by atoms with E-state index in [0.717, 1.165) is 5.56 Å². The third-order valence-electron chi connectivity index (χ3n) is 3.80. The van der Waals surface area contributed by atoms with Crippen LogP contribution < -0.4 is 10.0 Å². The predicted octanol–water partition coefficient (Wildman–Crippen LogP) is 2.50. The monoisotopic (exact) mass is 397 g/mol. The average molecular weight is 397 g/mol. The quantitative estimate of drug-likeness (QED) is 0.530. The number of H-pyrrole nitrogens is 1. The number of aryl methyl sites for hydroxylation is 1. The minimum atomic E-state index is -3.71. The van der Waals surface area contributed by atoms with E-state index in [1.807, 2.05) is 6.07 Å². The van der Waals surface area contributed by atoms with Gasteiger partial charge in [-0.15, -0.1) is 6.58 Å². The number of nitrogens with zero attached hydrogens (tertiary/aromatic N) is 2. The Hall–Kier alpha value is -3.30. The number of anilines is 1. The molecule has 0 aliphatic rings. The standard InChI is InChI=1S/C19H19N5O3S/c1-3-10-20-28(26,27)17-9-5-7-15(12-17)19(25)22-16-8-4-6-14(11-16)18-21-13(2)23-24-18/h3-9,11-12,20H,1,10H2,2H3,(H,22,25)(H,21,23,24). The van der Waals surface area contributed by atoms with Crippen LogP contribution in [-0.2, 0) is 10.0 Å². The zero-order chi connectivity index (χ0) is 20.1. The van der Waals surface area contributed by atoms with Crippen LogP contribution in [0.1, 0.15) is 16.2 Å². The molecule has 1 heterocycles. The molecule has 0 fully saturated rings. The van der Waals surface area contributed by atoms with Gasteiger partial charge in [0.05, 0.1) is 4.90 Å². The molecule has 0 radical (unpaired) electrons. The molecule has 0 atom stereocenters. The Bertz CT molecular complexity index is 1120. The predicted molar refractivity (Wildman–Crippen MR) is 106 cm³/mol. The second-order valence-corrected chi connectivity index (χ2v) is 7.71. The highest BCUT2D eigenvalue weighted by molar-refractivity contribution is 7.89. The number of amides is 1. The van der Waals surface area contributed by atoms with Crippen molar-refractivity contribution in [2.24, 2.45) is 0 Å². The van der Waals surface area contributed by atoms with Gasteiger partial charge in [0.1, 0.15) is 5.82 Å². The molecule has 28 heavy (non-hydrogen) atoms. The Morgan fingerprint density at radius 1 is 1.21 bits per heavy atom. The molecule has 8 nitrogen and oxygen atoms in total. The van der Waals surface area contributed by atoms with Crippen molar-refractivity contribution in [2.45, 2.75) is 11.8 Å². The minimum Gasteiger partial charge on any atom is -0.322 e. The lowest BCUT2D eigenvalue weighted by Crippen LogP contribution is -2.24. The summed E-state index contributed by atoms with van der Waals surface area (Å²) in [6.45, 7) is 5.38. The number of carbonyl (C=O) groups excluding carboxylic acids is 1. The van der Waals surface area contributed by atoms with Gasteiger partial charge < -0.3 is 5.32 Å². The fraction of sp³-hybridized carbons (Fsp3) is 0.105. The van der Waals surface area contributed by atoms with Gasteiger partial charge in [-0.1, -0.05) is 24.3 Å². The van der Waals surface area contributed by atoms with E-state index in [1.54, 1.807) is 31.2 Å². The van der Waals surface area contributed by atoms with Crippen molar-refractivity contribution in [3.63, 3.8) is 0 Å². The third kappa shape index (κ3) is 4.51. The van der Waals surface area contributed by atoms with Gasteiger partial charge in [-0.05, 0) is 37.3 Å². The maximum atomic E-state index is 12.6. The molecule has 3 aromatic rings. The SMILES string of the molecule is C=CCNS(=O)(=O)c1cccc(C(=O)Nc2cccc(-c3n[nH]c(C)n3)c2)c1. The fourth-order valence-corrected chi connectivity index (χ4v) is 3.51. The maximum absolute atomic E-state index is 12.6. The average Bonchev–Trinajstić information content (AvgIpc) is 3.13. The Morgan fingerprint density at radius 3 is 2.71 bits per heavy atom. The van der Waals surface area contributed by atoms with Gasteiger partial charge in [0.15, 0.2) is 5.82 Å². The smallest absolute Gasteiger partial charge is 0.255 e. The summed E-state index contributed by atoms with van der Waals surface area (Å²) in [7, 11) is -3.71. The number of sulfonamides is 1. The molecule has 144 valence electrons. The van der Waals surface area contributed by atoms with Crippen molar-refractivity contribution in [3.8, 4) is 11.4 Å². The van der Waals surface area contributed by atoms with Gasteiger partial charge in [-0.2, -0.15) is 5.10 Å². The van der Waals surface area contributed by atoms with E-state index in [-0.39, 0.29) is 17.0 Å². The van der Waals surface area contributed by atoms with Crippen LogP contribution >= 0.6 is 0 Å². The highest BCUT2D eigenvalue weighted by Gasteiger charge is 2.16. The zero-order valence-corrected chi connectivity index (χ0v) is 16.0. The Morgan fingerprint density at radius 2 is 2.00 bits per heavy atom. The molecule has 3 N–H and O–H groups in total. The van der Waals surface area contributed by atoms with Crippen molar-refractivity contribution < 1.29 is 13.2 Å². The molecule has 0 aliphatic heterocycles. The molecular weight excluding hydrogens is 378 g/mol. The van der Waals surface area contributed by atoms with Crippen molar-refractivity contribution in [2.75, 3.05) is 11.9 Å². The number of aromatic nitrogens is 3. The van der Waals surface area contributed by atoms with Gasteiger partial charge in [0, 0.05) is 23.4 Å². The van der Waals surface area contributed by atoms with E-state index in [1.165, 1.54) is 24.3 Å². The normalized spacial score (nSPS) is 11.2. The third-order valence-corrected chi connectivity index (χ3v) is 5.22. The highest BCUT2D eigenvalue weighted by Crippen LogP contribution is 2.20. The van der Waals surface area contributed by atoms with Crippen LogP contribution in [0.4, 0.5) is 5.69 Å². The van der Waals surface area contributed by atoms with Crippen LogP contribution in [0.25, 0.3) is 11.4 Å². The molecule has 0 aliphatic carbocycles. The largest absolute Gasteiger partial charge is 0.322 e. The number of hydrogen-bond donors (Lipinski definition) is 3. The molecule has 1 amide bonds. The van der Waals surface area contributed by atoms with Crippen LogP contribution in [0.15, 0.2) is 66.1 Å². The highest BCUT2D eigenvalue weighted by atomic mass is 32.2. The number of benzene rings is 2. The van der Waals surface area contributed by atoms with Gasteiger partial charge in [-0.25, -0.2) is 18.1 Å². The summed E-state index contributed by atoms with van der Waals surface area (Å²) in [5.41, 5.74) is 1.51. The molecular formula is C19H19N5O3S. The Kier molecular flexibility index (Phi) is 5.67. The lowest BCUT2D eigenvalue weighted by Gasteiger charge is -2.09. The summed E-state index contributed by atoms with van der Waals surface area (Å²) in [6.07, 6.45) is 1.44. The maximum Gasteiger partial charge on any atom is 0.255 e. The lowest BCUT2D eigenvalue weighted by molar-refractivity contribution is 0.102. The van der Waals surface area contributed by atoms with Gasteiger partial charge >= 0.3 is 0 Å². The summed E-state index contributed by atoms with van der Waals surface area (Å²) in [4.78, 5) is 16.8. The molecule has 0 spiro atoms. The molecule has 0 saturated carbocycles. The Balaban J connectivity index is 1.80. The van der Waals surface area contributed by atoms with E-state index < -0.39 is 15.9 Å². The number of carbonyl (C=O) groups is 1. The van der Waals surface area contributed by atoms with Crippen molar-refractivity contribution >= 4 is 21.6 Å². The van der Waals surface area contributed by atoms with E-state index in [4.69, 9.17) is 0 Å². The molecule has 1 aromatic heterocycles. The van der Waals surface area contributed by atoms with Crippen LogP contribution in [0.2, 0.25) is 0 Å². The van der Waals surface area contributed by atoms with Crippen molar-refractivity contribution in [1.82, 2.24) is 19.9 Å². The van der Waals surface area contributed by atoms with E-state index in [0.29, 0.717) is 17.3 Å². The molecule has 0 saturated heterocycles. The number of aromatic amines is 1. The van der Waals surface area contributed by atoms with Crippen LogP contribution in [0, 0.1) is 6.92 Å². The van der Waals surface area contributed by atoms with Crippen molar-refractivity contribution in [1.29, 1.82) is 0 Å². The van der Waals surface area contributed by atoms with Gasteiger partial charge in [-0.3, -0.25) is 9.89 Å². The zero-order valence-electron chi connectivity index (χ0n) is 15.1. The summed E-state index contributed by atoms with van der Waals surface area (Å²) in [5, 5.41) is 9.63. The van der Waals surface area contributed by atoms with Gasteiger partial charge in [0.2, 0.25) is 10.0 Å². The minimum absolute atomic E-state index is 0.00643. The second-order valence-electron chi connectivity index (χ2n) is 5.95. The molecule has 3 rings (SSSR count). The van der Waals surface area contributed by atoms with E-state index >= 15 is 0 Å². The molecule has 9 heteroatoms. The molecule has 2 aromatic carbocycles. The van der Waals surface area contributed by atoms with E-state index in [2.05, 4.69) is 31.8 Å². The topological polar surface area (TPSA) is 117 Å². The fourth-order valence-electron chi connectivity index (χ4n) is 2.47. The Labute approximate surface area is 162 Å². The summed E-state index contributed by atoms with van der Waals surface area (Å²) in [5.74, 6) is 0.784. The lowest BCUT2D eigenvalue weighted by atomic mass is 10.1. The first-order valence-electron chi connectivity index (χ1n) is 8.40. The molecule has 0 unspecified atom stereocenters. The summed E-state index contributed by atoms with van der Waals surface area (Å²) in [6, 6.07) is 12.9. The van der Waals surface area contributed by atoms with E-state index in [9.17, 15) is 13.2 Å². The van der Waals surface area contributed by atoms with Crippen LogP contribution in [0.3, 0.4) is 0 Å². The number of nitrogens with one attached hydrogen (secondary N) is 3. The first-order chi connectivity index (χ1) is 13.4. The van der Waals surface area contributed by atoms with Crippen molar-refractivity contribution in [3.05, 3.63) is 72.6 Å². The van der Waals surface area contributed by atoms with Gasteiger partial charge in [0.25, 0.3) is 5.91 Å². The first kappa shape index (κ1) is 19.5. The van der Waals surface area contributed by atoms with Crippen LogP contribution in [-0.4, -0.2) is 36.1 Å². The summed E-state index contributed by atoms with van der Waals surface area (Å²) < 4.78 is 26.8. The summed E-state index contributed by atoms with van der Waals surface area (Å²) >= 11 is 0. The first-order valence-corrected chi connectivity index (χ1v) is 9.89.